The molecule has 8 heteroatoms. The van der Waals surface area contributed by atoms with E-state index in [1.54, 1.807) is 31.2 Å². The Hall–Kier alpha value is -3.18. The van der Waals surface area contributed by atoms with Crippen LogP contribution in [0.4, 0.5) is 10.8 Å². The van der Waals surface area contributed by atoms with Crippen molar-refractivity contribution in [1.82, 2.24) is 4.98 Å². The van der Waals surface area contributed by atoms with E-state index in [-0.39, 0.29) is 23.4 Å². The molecule has 0 unspecified atom stereocenters. The first-order valence-electron chi connectivity index (χ1n) is 7.84. The van der Waals surface area contributed by atoms with E-state index < -0.39 is 11.9 Å². The van der Waals surface area contributed by atoms with Gasteiger partial charge in [0.2, 0.25) is 0 Å². The number of esters is 1. The van der Waals surface area contributed by atoms with Crippen LogP contribution >= 0.6 is 11.3 Å². The molecule has 0 radical (unpaired) electrons. The van der Waals surface area contributed by atoms with E-state index in [0.29, 0.717) is 5.13 Å². The molecule has 0 saturated heterocycles. The van der Waals surface area contributed by atoms with Crippen molar-refractivity contribution in [1.29, 1.82) is 5.26 Å². The Morgan fingerprint density at radius 3 is 2.69 bits per heavy atom. The second-order valence-corrected chi connectivity index (χ2v) is 6.40. The molecule has 0 bridgehead atoms. The maximum atomic E-state index is 12.4. The molecule has 7 nitrogen and oxygen atoms in total. The summed E-state index contributed by atoms with van der Waals surface area (Å²) in [4.78, 5) is 29.6. The first-order valence-corrected chi connectivity index (χ1v) is 8.66. The number of aromatic nitrogens is 1. The first kappa shape index (κ1) is 19.1. The lowest BCUT2D eigenvalue weighted by Crippen LogP contribution is -2.17. The molecule has 1 aromatic heterocycles. The Morgan fingerprint density at radius 2 is 2.08 bits per heavy atom. The number of thiazole rings is 1. The van der Waals surface area contributed by atoms with Crippen LogP contribution in [-0.4, -0.2) is 23.5 Å². The number of nitriles is 1. The number of nitrogens with one attached hydrogen (secondary N) is 2. The van der Waals surface area contributed by atoms with E-state index in [1.807, 2.05) is 19.9 Å². The Labute approximate surface area is 155 Å². The molecular weight excluding hydrogens is 352 g/mol. The van der Waals surface area contributed by atoms with Crippen LogP contribution in [0.5, 0.6) is 0 Å². The summed E-state index contributed by atoms with van der Waals surface area (Å²) in [6.45, 7) is 5.74. The molecule has 0 spiro atoms. The lowest BCUT2D eigenvalue weighted by atomic mass is 10.1. The molecule has 0 aliphatic carbocycles. The zero-order valence-corrected chi connectivity index (χ0v) is 15.4. The van der Waals surface area contributed by atoms with Crippen LogP contribution in [0.25, 0.3) is 0 Å². The number of rotatable bonds is 6. The summed E-state index contributed by atoms with van der Waals surface area (Å²) in [6, 6.07) is 8.29. The number of aryl methyl sites for hydroxylation is 2. The average Bonchev–Trinajstić information content (AvgIpc) is 2.94. The fourth-order valence-electron chi connectivity index (χ4n) is 1.99. The van der Waals surface area contributed by atoms with Crippen LogP contribution < -0.4 is 10.6 Å². The Morgan fingerprint density at radius 1 is 1.35 bits per heavy atom. The molecule has 0 saturated carbocycles. The number of carbonyl (C=O) groups is 2. The minimum atomic E-state index is -0.637. The zero-order valence-electron chi connectivity index (χ0n) is 14.6. The summed E-state index contributed by atoms with van der Waals surface area (Å²) in [5, 5.41) is 15.3. The van der Waals surface area contributed by atoms with E-state index in [9.17, 15) is 14.9 Å². The van der Waals surface area contributed by atoms with Crippen molar-refractivity contribution < 1.29 is 14.3 Å². The summed E-state index contributed by atoms with van der Waals surface area (Å²) in [5.41, 5.74) is 1.24. The predicted molar refractivity (Wildman–Crippen MR) is 99.9 cm³/mol. The largest absolute Gasteiger partial charge is 0.462 e. The smallest absolute Gasteiger partial charge is 0.340 e. The lowest BCUT2D eigenvalue weighted by Gasteiger charge is -2.09. The molecule has 0 aliphatic rings. The Balaban J connectivity index is 2.16. The number of hydrogen-bond acceptors (Lipinski definition) is 7. The number of para-hydroxylation sites is 1. The molecule has 134 valence electrons. The van der Waals surface area contributed by atoms with Gasteiger partial charge in [0, 0.05) is 11.1 Å². The second-order valence-electron chi connectivity index (χ2n) is 5.19. The Kier molecular flexibility index (Phi) is 6.47. The van der Waals surface area contributed by atoms with E-state index in [4.69, 9.17) is 4.74 Å². The third kappa shape index (κ3) is 4.68. The van der Waals surface area contributed by atoms with Crippen LogP contribution in [0.15, 0.2) is 36.0 Å². The minimum absolute atomic E-state index is 0.144. The fourth-order valence-corrected chi connectivity index (χ4v) is 2.77. The number of ether oxygens (including phenoxy) is 1. The average molecular weight is 370 g/mol. The van der Waals surface area contributed by atoms with Gasteiger partial charge in [-0.1, -0.05) is 12.1 Å². The monoisotopic (exact) mass is 370 g/mol. The molecule has 2 N–H and O–H groups in total. The fraction of sp³-hybridized carbons (Fsp3) is 0.222. The highest BCUT2D eigenvalue weighted by atomic mass is 32.1. The Bertz CT molecular complexity index is 877. The van der Waals surface area contributed by atoms with Gasteiger partial charge < -0.3 is 15.4 Å². The van der Waals surface area contributed by atoms with Gasteiger partial charge in [-0.15, -0.1) is 11.3 Å². The van der Waals surface area contributed by atoms with Crippen molar-refractivity contribution in [3.8, 4) is 6.07 Å². The van der Waals surface area contributed by atoms with Crippen LogP contribution in [0.1, 0.15) is 27.9 Å². The minimum Gasteiger partial charge on any atom is -0.462 e. The van der Waals surface area contributed by atoms with Gasteiger partial charge >= 0.3 is 5.97 Å². The van der Waals surface area contributed by atoms with Crippen LogP contribution in [-0.2, 0) is 9.53 Å². The lowest BCUT2D eigenvalue weighted by molar-refractivity contribution is -0.112. The molecule has 0 fully saturated rings. The topological polar surface area (TPSA) is 104 Å². The van der Waals surface area contributed by atoms with Gasteiger partial charge in [0.05, 0.1) is 23.6 Å². The van der Waals surface area contributed by atoms with Gasteiger partial charge in [-0.05, 0) is 32.9 Å². The number of anilines is 2. The van der Waals surface area contributed by atoms with E-state index in [0.717, 1.165) is 10.6 Å². The summed E-state index contributed by atoms with van der Waals surface area (Å²) in [7, 11) is 0. The maximum absolute atomic E-state index is 12.4. The van der Waals surface area contributed by atoms with E-state index >= 15 is 0 Å². The van der Waals surface area contributed by atoms with Crippen molar-refractivity contribution in [2.75, 3.05) is 17.2 Å². The first-order chi connectivity index (χ1) is 12.5. The third-order valence-corrected chi connectivity index (χ3v) is 4.41. The van der Waals surface area contributed by atoms with E-state index in [1.165, 1.54) is 17.5 Å². The van der Waals surface area contributed by atoms with E-state index in [2.05, 4.69) is 15.6 Å². The van der Waals surface area contributed by atoms with Gasteiger partial charge in [0.1, 0.15) is 11.6 Å². The molecule has 1 amide bonds. The summed E-state index contributed by atoms with van der Waals surface area (Å²) >= 11 is 1.43. The molecule has 0 aliphatic heterocycles. The third-order valence-electron chi connectivity index (χ3n) is 3.40. The van der Waals surface area contributed by atoms with Crippen molar-refractivity contribution in [2.24, 2.45) is 0 Å². The molecule has 2 rings (SSSR count). The highest BCUT2D eigenvalue weighted by Crippen LogP contribution is 2.21. The normalized spacial score (nSPS) is 10.8. The van der Waals surface area contributed by atoms with Gasteiger partial charge in [-0.25, -0.2) is 9.78 Å². The van der Waals surface area contributed by atoms with Gasteiger partial charge in [-0.3, -0.25) is 4.79 Å². The van der Waals surface area contributed by atoms with Crippen molar-refractivity contribution >= 4 is 34.0 Å². The molecule has 1 aromatic carbocycles. The second kappa shape index (κ2) is 8.78. The maximum Gasteiger partial charge on any atom is 0.340 e. The van der Waals surface area contributed by atoms with Crippen molar-refractivity contribution in [3.05, 3.63) is 52.2 Å². The predicted octanol–water partition coefficient (Wildman–Crippen LogP) is 3.39. The highest BCUT2D eigenvalue weighted by Gasteiger charge is 2.16. The summed E-state index contributed by atoms with van der Waals surface area (Å²) in [6.07, 6.45) is 1.29. The van der Waals surface area contributed by atoms with Crippen LogP contribution in [0, 0.1) is 25.2 Å². The number of benzene rings is 1. The van der Waals surface area contributed by atoms with Gasteiger partial charge in [-0.2, -0.15) is 5.26 Å². The van der Waals surface area contributed by atoms with Crippen molar-refractivity contribution in [2.45, 2.75) is 20.8 Å². The standard InChI is InChI=1S/C18H18N4O3S/c1-4-25-17(24)14-7-5-6-8-15(14)22-16(23)13(9-19)10-20-18-21-11(2)12(3)26-18/h5-8,10H,4H2,1-3H3,(H,20,21)(H,22,23)/b13-10-. The SMILES string of the molecule is CCOC(=O)c1ccccc1NC(=O)/C(C#N)=C\Nc1nc(C)c(C)s1. The number of amides is 1. The molecule has 2 aromatic rings. The quantitative estimate of drug-likeness (QED) is 0.459. The highest BCUT2D eigenvalue weighted by molar-refractivity contribution is 7.15. The van der Waals surface area contributed by atoms with Gasteiger partial charge in [0.15, 0.2) is 5.13 Å². The molecular formula is C18H18N4O3S. The number of nitrogens with zero attached hydrogens (tertiary/aromatic N) is 2. The summed E-state index contributed by atoms with van der Waals surface area (Å²) < 4.78 is 4.97. The van der Waals surface area contributed by atoms with Crippen LogP contribution in [0.3, 0.4) is 0 Å². The zero-order chi connectivity index (χ0) is 19.1. The van der Waals surface area contributed by atoms with Crippen LogP contribution in [0.2, 0.25) is 0 Å². The number of carbonyl (C=O) groups excluding carboxylic acids is 2. The molecule has 1 heterocycles. The molecule has 26 heavy (non-hydrogen) atoms. The molecule has 0 atom stereocenters. The van der Waals surface area contributed by atoms with Gasteiger partial charge in [0.25, 0.3) is 5.91 Å². The number of hydrogen-bond donors (Lipinski definition) is 2. The summed E-state index contributed by atoms with van der Waals surface area (Å²) in [5.74, 6) is -1.18. The van der Waals surface area contributed by atoms with Crippen molar-refractivity contribution in [3.63, 3.8) is 0 Å².